The normalized spacial score (nSPS) is 10.9. The fourth-order valence-electron chi connectivity index (χ4n) is 3.26. The Balaban J connectivity index is 1.98. The second kappa shape index (κ2) is 8.09. The van der Waals surface area contributed by atoms with Gasteiger partial charge in [-0.2, -0.15) is 0 Å². The molecule has 0 aliphatic rings. The zero-order valence-corrected chi connectivity index (χ0v) is 15.6. The van der Waals surface area contributed by atoms with Crippen LogP contribution in [0.2, 0.25) is 0 Å². The van der Waals surface area contributed by atoms with E-state index in [0.717, 1.165) is 40.9 Å². The molecule has 4 heteroatoms. The molecule has 0 aliphatic heterocycles. The van der Waals surface area contributed by atoms with Crippen molar-refractivity contribution in [2.45, 2.75) is 40.3 Å². The summed E-state index contributed by atoms with van der Waals surface area (Å²) >= 11 is 0. The van der Waals surface area contributed by atoms with Crippen LogP contribution >= 0.6 is 0 Å². The zero-order chi connectivity index (χ0) is 18.5. The van der Waals surface area contributed by atoms with Gasteiger partial charge in [0.2, 0.25) is 0 Å². The first-order valence-electron chi connectivity index (χ1n) is 9.12. The molecule has 0 saturated carbocycles. The van der Waals surface area contributed by atoms with Gasteiger partial charge in [0, 0.05) is 23.1 Å². The molecule has 26 heavy (non-hydrogen) atoms. The van der Waals surface area contributed by atoms with Crippen molar-refractivity contribution in [3.8, 4) is 5.75 Å². The SMILES string of the molecule is CCCn1c(C)c(C(=O)OCC)c2cc(OCc3ccccc3)ccc21. The molecule has 3 aromatic rings. The quantitative estimate of drug-likeness (QED) is 0.555. The number of nitrogens with zero attached hydrogens (tertiary/aromatic N) is 1. The summed E-state index contributed by atoms with van der Waals surface area (Å²) < 4.78 is 13.4. The van der Waals surface area contributed by atoms with Gasteiger partial charge in [-0.3, -0.25) is 0 Å². The Morgan fingerprint density at radius 2 is 1.85 bits per heavy atom. The molecule has 1 aromatic heterocycles. The molecule has 0 amide bonds. The topological polar surface area (TPSA) is 40.5 Å². The third-order valence-electron chi connectivity index (χ3n) is 4.47. The lowest BCUT2D eigenvalue weighted by Crippen LogP contribution is -2.07. The van der Waals surface area contributed by atoms with Gasteiger partial charge < -0.3 is 14.0 Å². The predicted molar refractivity (Wildman–Crippen MR) is 104 cm³/mol. The predicted octanol–water partition coefficient (Wildman–Crippen LogP) is 5.12. The number of aromatic nitrogens is 1. The molecule has 4 nitrogen and oxygen atoms in total. The molecular weight excluding hydrogens is 326 g/mol. The summed E-state index contributed by atoms with van der Waals surface area (Å²) in [6, 6.07) is 16.0. The lowest BCUT2D eigenvalue weighted by molar-refractivity contribution is 0.0527. The van der Waals surface area contributed by atoms with Crippen molar-refractivity contribution in [1.29, 1.82) is 0 Å². The van der Waals surface area contributed by atoms with Crippen LogP contribution in [0.3, 0.4) is 0 Å². The summed E-state index contributed by atoms with van der Waals surface area (Å²) in [7, 11) is 0. The van der Waals surface area contributed by atoms with Crippen LogP contribution in [0.5, 0.6) is 5.75 Å². The highest BCUT2D eigenvalue weighted by molar-refractivity contribution is 6.06. The van der Waals surface area contributed by atoms with Crippen molar-refractivity contribution < 1.29 is 14.3 Å². The van der Waals surface area contributed by atoms with E-state index in [4.69, 9.17) is 9.47 Å². The van der Waals surface area contributed by atoms with Crippen LogP contribution in [0.15, 0.2) is 48.5 Å². The van der Waals surface area contributed by atoms with Crippen LogP contribution in [0.1, 0.15) is 41.9 Å². The summed E-state index contributed by atoms with van der Waals surface area (Å²) in [4.78, 5) is 12.5. The molecule has 0 N–H and O–H groups in total. The fourth-order valence-corrected chi connectivity index (χ4v) is 3.26. The Labute approximate surface area is 154 Å². The molecular formula is C22H25NO3. The van der Waals surface area contributed by atoms with E-state index in [-0.39, 0.29) is 5.97 Å². The molecule has 0 atom stereocenters. The third-order valence-corrected chi connectivity index (χ3v) is 4.47. The van der Waals surface area contributed by atoms with Crippen molar-refractivity contribution >= 4 is 16.9 Å². The van der Waals surface area contributed by atoms with Crippen molar-refractivity contribution in [3.05, 3.63) is 65.4 Å². The molecule has 0 spiro atoms. The number of hydrogen-bond acceptors (Lipinski definition) is 3. The molecule has 136 valence electrons. The summed E-state index contributed by atoms with van der Waals surface area (Å²) in [5.74, 6) is 0.477. The number of hydrogen-bond donors (Lipinski definition) is 0. The van der Waals surface area contributed by atoms with Crippen molar-refractivity contribution in [3.63, 3.8) is 0 Å². The fraction of sp³-hybridized carbons (Fsp3) is 0.318. The van der Waals surface area contributed by atoms with Gasteiger partial charge in [-0.15, -0.1) is 0 Å². The number of benzene rings is 2. The van der Waals surface area contributed by atoms with E-state index < -0.39 is 0 Å². The van der Waals surface area contributed by atoms with E-state index in [1.54, 1.807) is 0 Å². The molecule has 0 aliphatic carbocycles. The second-order valence-corrected chi connectivity index (χ2v) is 6.29. The highest BCUT2D eigenvalue weighted by Crippen LogP contribution is 2.30. The number of esters is 1. The van der Waals surface area contributed by atoms with Crippen LogP contribution in [-0.2, 0) is 17.9 Å². The van der Waals surface area contributed by atoms with Gasteiger partial charge in [0.25, 0.3) is 0 Å². The van der Waals surface area contributed by atoms with Gasteiger partial charge in [-0.25, -0.2) is 4.79 Å². The molecule has 0 radical (unpaired) electrons. The number of ether oxygens (including phenoxy) is 2. The summed E-state index contributed by atoms with van der Waals surface area (Å²) in [5.41, 5.74) is 3.73. The number of aryl methyl sites for hydroxylation is 1. The first kappa shape index (κ1) is 18.1. The molecule has 0 unspecified atom stereocenters. The van der Waals surface area contributed by atoms with Crippen molar-refractivity contribution in [2.24, 2.45) is 0 Å². The van der Waals surface area contributed by atoms with Gasteiger partial charge in [0.15, 0.2) is 0 Å². The average Bonchev–Trinajstić information content (AvgIpc) is 2.93. The first-order valence-corrected chi connectivity index (χ1v) is 9.12. The molecule has 3 rings (SSSR count). The van der Waals surface area contributed by atoms with Crippen LogP contribution < -0.4 is 4.74 Å². The summed E-state index contributed by atoms with van der Waals surface area (Å²) in [6.07, 6.45) is 0.999. The van der Waals surface area contributed by atoms with Gasteiger partial charge in [0.1, 0.15) is 12.4 Å². The Kier molecular flexibility index (Phi) is 5.61. The number of carbonyl (C=O) groups excluding carboxylic acids is 1. The minimum Gasteiger partial charge on any atom is -0.489 e. The highest BCUT2D eigenvalue weighted by atomic mass is 16.5. The smallest absolute Gasteiger partial charge is 0.340 e. The van der Waals surface area contributed by atoms with E-state index in [1.807, 2.05) is 62.4 Å². The molecule has 0 fully saturated rings. The van der Waals surface area contributed by atoms with Crippen molar-refractivity contribution in [2.75, 3.05) is 6.61 Å². The van der Waals surface area contributed by atoms with Gasteiger partial charge in [-0.05, 0) is 44.0 Å². The minimum atomic E-state index is -0.273. The van der Waals surface area contributed by atoms with E-state index in [0.29, 0.717) is 18.8 Å². The number of rotatable bonds is 7. The van der Waals surface area contributed by atoms with E-state index in [1.165, 1.54) is 0 Å². The lowest BCUT2D eigenvalue weighted by Gasteiger charge is -2.08. The third kappa shape index (κ3) is 3.59. The Hall–Kier alpha value is -2.75. The van der Waals surface area contributed by atoms with Gasteiger partial charge >= 0.3 is 5.97 Å². The molecule has 0 bridgehead atoms. The van der Waals surface area contributed by atoms with Gasteiger partial charge in [-0.1, -0.05) is 37.3 Å². The summed E-state index contributed by atoms with van der Waals surface area (Å²) in [6.45, 7) is 7.66. The second-order valence-electron chi connectivity index (χ2n) is 6.29. The summed E-state index contributed by atoms with van der Waals surface area (Å²) in [5, 5.41) is 0.889. The van der Waals surface area contributed by atoms with Crippen LogP contribution in [0, 0.1) is 6.92 Å². The average molecular weight is 351 g/mol. The standard InChI is InChI=1S/C22H25NO3/c1-4-13-23-16(3)21(22(24)25-5-2)19-14-18(11-12-20(19)23)26-15-17-9-7-6-8-10-17/h6-12,14H,4-5,13,15H2,1-3H3. The maximum atomic E-state index is 12.5. The Morgan fingerprint density at radius 3 is 2.54 bits per heavy atom. The Bertz CT molecular complexity index is 897. The van der Waals surface area contributed by atoms with Crippen LogP contribution in [0.25, 0.3) is 10.9 Å². The van der Waals surface area contributed by atoms with E-state index in [9.17, 15) is 4.79 Å². The van der Waals surface area contributed by atoms with Crippen LogP contribution in [0.4, 0.5) is 0 Å². The maximum Gasteiger partial charge on any atom is 0.340 e. The monoisotopic (exact) mass is 351 g/mol. The van der Waals surface area contributed by atoms with Gasteiger partial charge in [0.05, 0.1) is 12.2 Å². The highest BCUT2D eigenvalue weighted by Gasteiger charge is 2.21. The zero-order valence-electron chi connectivity index (χ0n) is 15.6. The van der Waals surface area contributed by atoms with Crippen molar-refractivity contribution in [1.82, 2.24) is 4.57 Å². The first-order chi connectivity index (χ1) is 12.7. The number of carbonyl (C=O) groups is 1. The lowest BCUT2D eigenvalue weighted by atomic mass is 10.1. The van der Waals surface area contributed by atoms with E-state index >= 15 is 0 Å². The molecule has 2 aromatic carbocycles. The van der Waals surface area contributed by atoms with Crippen LogP contribution in [-0.4, -0.2) is 17.1 Å². The minimum absolute atomic E-state index is 0.273. The van der Waals surface area contributed by atoms with E-state index in [2.05, 4.69) is 11.5 Å². The number of fused-ring (bicyclic) bond motifs is 1. The molecule has 0 saturated heterocycles. The molecule has 1 heterocycles. The largest absolute Gasteiger partial charge is 0.489 e. The Morgan fingerprint density at radius 1 is 1.08 bits per heavy atom. The maximum absolute atomic E-state index is 12.5.